The van der Waals surface area contributed by atoms with E-state index in [9.17, 15) is 0 Å². The van der Waals surface area contributed by atoms with Gasteiger partial charge < -0.3 is 4.90 Å². The summed E-state index contributed by atoms with van der Waals surface area (Å²) in [7, 11) is 4.03. The summed E-state index contributed by atoms with van der Waals surface area (Å²) >= 11 is 1.87. The largest absolute Gasteiger partial charge is 0.466 e. The zero-order valence-corrected chi connectivity index (χ0v) is 9.35. The number of piperazine rings is 1. The van der Waals surface area contributed by atoms with Gasteiger partial charge in [0, 0.05) is 24.5 Å². The van der Waals surface area contributed by atoms with Crippen LogP contribution in [0.25, 0.3) is 0 Å². The van der Waals surface area contributed by atoms with Crippen molar-refractivity contribution in [3.8, 4) is 0 Å². The molecule has 2 nitrogen and oxygen atoms in total. The highest BCUT2D eigenvalue weighted by Gasteiger charge is 2.13. The molecule has 1 aliphatic rings. The van der Waals surface area contributed by atoms with E-state index in [-0.39, 0.29) is 0 Å². The molecule has 0 bridgehead atoms. The molecular weight excluding hydrogens is 192 g/mol. The molecule has 1 aromatic heterocycles. The predicted molar refractivity (Wildman–Crippen MR) is 60.5 cm³/mol. The zero-order chi connectivity index (χ0) is 9.80. The lowest BCUT2D eigenvalue weighted by Crippen LogP contribution is -3.10. The van der Waals surface area contributed by atoms with E-state index in [1.807, 2.05) is 11.3 Å². The standard InChI is InChI=1S/C11H18N2S/c1-12-6-8-13(9-7-12)5-4-11-3-2-10-14-11/h2-3,10,12H,1,4-9H2. The van der Waals surface area contributed by atoms with Gasteiger partial charge >= 0.3 is 0 Å². The van der Waals surface area contributed by atoms with Crippen LogP contribution >= 0.6 is 11.3 Å². The summed E-state index contributed by atoms with van der Waals surface area (Å²) in [4.78, 5) is 5.49. The quantitative estimate of drug-likeness (QED) is 0.704. The maximum atomic E-state index is 4.03. The summed E-state index contributed by atoms with van der Waals surface area (Å²) in [6, 6.07) is 4.37. The molecule has 1 fully saturated rings. The lowest BCUT2D eigenvalue weighted by molar-refractivity contribution is -0.858. The van der Waals surface area contributed by atoms with Gasteiger partial charge in [-0.25, -0.2) is 0 Å². The number of rotatable bonds is 3. The zero-order valence-electron chi connectivity index (χ0n) is 8.54. The van der Waals surface area contributed by atoms with Crippen LogP contribution in [0.4, 0.5) is 0 Å². The topological polar surface area (TPSA) is 7.68 Å². The fraction of sp³-hybridized carbons (Fsp3) is 0.545. The third kappa shape index (κ3) is 2.80. The minimum Gasteiger partial charge on any atom is -0.466 e. The lowest BCUT2D eigenvalue weighted by atomic mass is 10.3. The van der Waals surface area contributed by atoms with Crippen LogP contribution in [0, 0.1) is 7.05 Å². The summed E-state index contributed by atoms with van der Waals surface area (Å²) in [6.07, 6.45) is 1.21. The van der Waals surface area contributed by atoms with Crippen molar-refractivity contribution in [3.05, 3.63) is 29.4 Å². The van der Waals surface area contributed by atoms with Gasteiger partial charge in [-0.3, -0.25) is 4.90 Å². The van der Waals surface area contributed by atoms with Crippen LogP contribution in [0.5, 0.6) is 0 Å². The number of nitrogens with zero attached hydrogens (tertiary/aromatic N) is 1. The van der Waals surface area contributed by atoms with E-state index in [4.69, 9.17) is 0 Å². The Morgan fingerprint density at radius 3 is 2.86 bits per heavy atom. The van der Waals surface area contributed by atoms with Crippen LogP contribution in [0.2, 0.25) is 0 Å². The fourth-order valence-corrected chi connectivity index (χ4v) is 2.51. The third-order valence-electron chi connectivity index (χ3n) is 2.82. The molecule has 2 heterocycles. The molecule has 0 unspecified atom stereocenters. The summed E-state index contributed by atoms with van der Waals surface area (Å²) in [5.41, 5.74) is 0. The minimum atomic E-state index is 1.20. The third-order valence-corrected chi connectivity index (χ3v) is 3.75. The van der Waals surface area contributed by atoms with Gasteiger partial charge in [0.05, 0.1) is 13.1 Å². The van der Waals surface area contributed by atoms with Gasteiger partial charge in [0.1, 0.15) is 0 Å². The second kappa shape index (κ2) is 4.91. The molecule has 0 radical (unpaired) electrons. The van der Waals surface area contributed by atoms with E-state index in [1.165, 1.54) is 48.9 Å². The van der Waals surface area contributed by atoms with Crippen molar-refractivity contribution in [2.75, 3.05) is 32.7 Å². The lowest BCUT2D eigenvalue weighted by Gasteiger charge is -2.33. The average molecular weight is 210 g/mol. The van der Waals surface area contributed by atoms with Crippen molar-refractivity contribution < 1.29 is 4.90 Å². The predicted octanol–water partition coefficient (Wildman–Crippen LogP) is 0.283. The Hall–Kier alpha value is -0.380. The fourth-order valence-electron chi connectivity index (χ4n) is 1.82. The molecule has 1 aromatic rings. The van der Waals surface area contributed by atoms with E-state index < -0.39 is 0 Å². The normalized spacial score (nSPS) is 20.1. The van der Waals surface area contributed by atoms with Crippen LogP contribution < -0.4 is 4.90 Å². The highest BCUT2D eigenvalue weighted by molar-refractivity contribution is 7.09. The first-order chi connectivity index (χ1) is 6.84. The van der Waals surface area contributed by atoms with Crippen molar-refractivity contribution in [3.63, 3.8) is 0 Å². The highest BCUT2D eigenvalue weighted by atomic mass is 32.1. The van der Waals surface area contributed by atoms with E-state index in [0.29, 0.717) is 0 Å². The van der Waals surface area contributed by atoms with Crippen LogP contribution in [0.3, 0.4) is 0 Å². The first kappa shape index (κ1) is 10.1. The van der Waals surface area contributed by atoms with Gasteiger partial charge in [0.2, 0.25) is 0 Å². The molecular formula is C11H18N2S. The van der Waals surface area contributed by atoms with E-state index in [2.05, 4.69) is 29.5 Å². The molecule has 0 aliphatic carbocycles. The molecule has 1 saturated heterocycles. The molecule has 0 amide bonds. The van der Waals surface area contributed by atoms with Crippen LogP contribution in [0.1, 0.15) is 4.88 Å². The monoisotopic (exact) mass is 210 g/mol. The molecule has 78 valence electrons. The van der Waals surface area contributed by atoms with Crippen molar-refractivity contribution >= 4 is 11.3 Å². The SMILES string of the molecule is [CH2-][NH+]1CCN(CCc2cccs2)CC1. The van der Waals surface area contributed by atoms with Gasteiger partial charge in [-0.2, -0.15) is 7.05 Å². The van der Waals surface area contributed by atoms with Crippen LogP contribution in [0.15, 0.2) is 17.5 Å². The summed E-state index contributed by atoms with van der Waals surface area (Å²) in [5, 5.41) is 2.16. The molecule has 0 atom stereocenters. The molecule has 0 saturated carbocycles. The Kier molecular flexibility index (Phi) is 3.56. The Balaban J connectivity index is 1.71. The molecule has 1 aliphatic heterocycles. The van der Waals surface area contributed by atoms with Crippen molar-refractivity contribution in [2.24, 2.45) is 0 Å². The van der Waals surface area contributed by atoms with Gasteiger partial charge in [0.25, 0.3) is 0 Å². The maximum Gasteiger partial charge on any atom is 0.0660 e. The summed E-state index contributed by atoms with van der Waals surface area (Å²) in [6.45, 7) is 6.04. The number of thiophene rings is 1. The second-order valence-corrected chi connectivity index (χ2v) is 4.95. The van der Waals surface area contributed by atoms with Gasteiger partial charge in [-0.05, 0) is 17.9 Å². The van der Waals surface area contributed by atoms with Crippen molar-refractivity contribution in [1.82, 2.24) is 4.90 Å². The number of hydrogen-bond donors (Lipinski definition) is 1. The maximum absolute atomic E-state index is 4.03. The average Bonchev–Trinajstić information content (AvgIpc) is 2.70. The Labute approximate surface area is 90.1 Å². The number of quaternary nitrogens is 1. The van der Waals surface area contributed by atoms with Gasteiger partial charge in [-0.15, -0.1) is 11.3 Å². The molecule has 0 spiro atoms. The molecule has 3 heteroatoms. The van der Waals surface area contributed by atoms with E-state index in [1.54, 1.807) is 0 Å². The Morgan fingerprint density at radius 2 is 2.21 bits per heavy atom. The molecule has 1 N–H and O–H groups in total. The van der Waals surface area contributed by atoms with Crippen LogP contribution in [-0.2, 0) is 6.42 Å². The van der Waals surface area contributed by atoms with E-state index >= 15 is 0 Å². The minimum absolute atomic E-state index is 1.20. The Bertz CT molecular complexity index is 250. The number of nitrogens with one attached hydrogen (secondary N) is 1. The van der Waals surface area contributed by atoms with Gasteiger partial charge in [-0.1, -0.05) is 6.07 Å². The van der Waals surface area contributed by atoms with Crippen molar-refractivity contribution in [2.45, 2.75) is 6.42 Å². The number of hydrogen-bond acceptors (Lipinski definition) is 2. The molecule has 14 heavy (non-hydrogen) atoms. The molecule has 0 aromatic carbocycles. The Morgan fingerprint density at radius 1 is 1.43 bits per heavy atom. The molecule has 2 rings (SSSR count). The highest BCUT2D eigenvalue weighted by Crippen LogP contribution is 2.09. The van der Waals surface area contributed by atoms with Crippen molar-refractivity contribution in [1.29, 1.82) is 0 Å². The second-order valence-electron chi connectivity index (χ2n) is 3.92. The van der Waals surface area contributed by atoms with Gasteiger partial charge in [0.15, 0.2) is 0 Å². The summed E-state index contributed by atoms with van der Waals surface area (Å²) in [5.74, 6) is 0. The van der Waals surface area contributed by atoms with Crippen LogP contribution in [-0.4, -0.2) is 37.6 Å². The first-order valence-electron chi connectivity index (χ1n) is 5.26. The van der Waals surface area contributed by atoms with E-state index in [0.717, 1.165) is 0 Å². The smallest absolute Gasteiger partial charge is 0.0660 e. The first-order valence-corrected chi connectivity index (χ1v) is 6.14. The summed E-state index contributed by atoms with van der Waals surface area (Å²) < 4.78 is 0.